The van der Waals surface area contributed by atoms with E-state index in [1.165, 1.54) is 0 Å². The van der Waals surface area contributed by atoms with Crippen molar-refractivity contribution in [2.75, 3.05) is 6.61 Å². The normalized spacial score (nSPS) is 18.1. The van der Waals surface area contributed by atoms with Crippen LogP contribution in [0.3, 0.4) is 0 Å². The van der Waals surface area contributed by atoms with Crippen LogP contribution >= 0.6 is 0 Å². The summed E-state index contributed by atoms with van der Waals surface area (Å²) in [5, 5.41) is 0. The van der Waals surface area contributed by atoms with E-state index < -0.39 is 17.5 Å². The Bertz CT molecular complexity index is 934. The number of hydrogen-bond donors (Lipinski definition) is 0. The highest BCUT2D eigenvalue weighted by molar-refractivity contribution is 5.65. The lowest BCUT2D eigenvalue weighted by Gasteiger charge is -2.26. The van der Waals surface area contributed by atoms with Crippen LogP contribution in [0.5, 0.6) is 11.5 Å². The third-order valence-electron chi connectivity index (χ3n) is 5.27. The summed E-state index contributed by atoms with van der Waals surface area (Å²) in [5.41, 5.74) is 1.60. The topological polar surface area (TPSA) is 18.5 Å². The Morgan fingerprint density at radius 1 is 1.04 bits per heavy atom. The zero-order valence-corrected chi connectivity index (χ0v) is 15.4. The maximum absolute atomic E-state index is 14.7. The van der Waals surface area contributed by atoms with Gasteiger partial charge in [0.15, 0.2) is 23.1 Å². The Morgan fingerprint density at radius 3 is 2.52 bits per heavy atom. The van der Waals surface area contributed by atoms with E-state index in [4.69, 9.17) is 9.47 Å². The van der Waals surface area contributed by atoms with Crippen molar-refractivity contribution in [3.63, 3.8) is 0 Å². The quantitative estimate of drug-likeness (QED) is 0.537. The van der Waals surface area contributed by atoms with Gasteiger partial charge in [-0.3, -0.25) is 0 Å². The van der Waals surface area contributed by atoms with E-state index in [1.807, 2.05) is 6.08 Å². The van der Waals surface area contributed by atoms with Crippen molar-refractivity contribution < 1.29 is 22.6 Å². The highest BCUT2D eigenvalue weighted by Crippen LogP contribution is 2.43. The van der Waals surface area contributed by atoms with Crippen molar-refractivity contribution in [2.24, 2.45) is 5.92 Å². The van der Waals surface area contributed by atoms with E-state index in [0.717, 1.165) is 19.3 Å². The summed E-state index contributed by atoms with van der Waals surface area (Å²) >= 11 is 0. The molecule has 2 nitrogen and oxygen atoms in total. The summed E-state index contributed by atoms with van der Waals surface area (Å²) in [5.74, 6) is -2.16. The number of benzene rings is 2. The lowest BCUT2D eigenvalue weighted by atomic mass is 9.94. The number of ether oxygens (including phenoxy) is 2. The van der Waals surface area contributed by atoms with Gasteiger partial charge in [-0.15, -0.1) is 0 Å². The van der Waals surface area contributed by atoms with E-state index in [0.29, 0.717) is 35.0 Å². The first-order valence-corrected chi connectivity index (χ1v) is 9.29. The first-order chi connectivity index (χ1) is 13.0. The molecule has 0 aromatic heterocycles. The first-order valence-electron chi connectivity index (χ1n) is 9.29. The molecule has 0 spiro atoms. The molecule has 1 unspecified atom stereocenters. The molecule has 0 bridgehead atoms. The summed E-state index contributed by atoms with van der Waals surface area (Å²) in [7, 11) is 0. The fourth-order valence-corrected chi connectivity index (χ4v) is 3.74. The van der Waals surface area contributed by atoms with Crippen LogP contribution in [0.2, 0.25) is 0 Å². The van der Waals surface area contributed by atoms with Gasteiger partial charge in [0.2, 0.25) is 5.82 Å². The average Bonchev–Trinajstić information content (AvgIpc) is 2.68. The number of hydrogen-bond acceptors (Lipinski definition) is 2. The zero-order chi connectivity index (χ0) is 19.1. The Hall–Kier alpha value is -2.43. The molecule has 0 N–H and O–H groups in total. The van der Waals surface area contributed by atoms with E-state index in [-0.39, 0.29) is 23.5 Å². The molecule has 1 atom stereocenters. The number of halogens is 3. The number of rotatable bonds is 3. The predicted molar refractivity (Wildman–Crippen MR) is 97.3 cm³/mol. The Balaban J connectivity index is 1.71. The minimum absolute atomic E-state index is 0.0240. The number of fused-ring (bicyclic) bond motifs is 2. The van der Waals surface area contributed by atoms with E-state index >= 15 is 0 Å². The molecule has 4 rings (SSSR count). The predicted octanol–water partition coefficient (Wildman–Crippen LogP) is 6.29. The summed E-state index contributed by atoms with van der Waals surface area (Å²) in [4.78, 5) is 0. The molecule has 2 aromatic rings. The van der Waals surface area contributed by atoms with E-state index in [2.05, 4.69) is 6.92 Å². The fourth-order valence-electron chi connectivity index (χ4n) is 3.74. The monoisotopic (exact) mass is 374 g/mol. The number of allylic oxidation sites excluding steroid dienone is 1. The van der Waals surface area contributed by atoms with Crippen molar-refractivity contribution in [1.29, 1.82) is 0 Å². The number of aryl methyl sites for hydroxylation is 1. The summed E-state index contributed by atoms with van der Waals surface area (Å²) in [6.45, 7) is 4.22. The van der Waals surface area contributed by atoms with Gasteiger partial charge in [0.25, 0.3) is 0 Å². The van der Waals surface area contributed by atoms with Crippen LogP contribution in [0, 0.1) is 30.3 Å². The van der Waals surface area contributed by atoms with Crippen LogP contribution in [0.1, 0.15) is 48.4 Å². The molecule has 0 radical (unpaired) electrons. The molecule has 2 heterocycles. The molecule has 142 valence electrons. The molecule has 0 saturated carbocycles. The van der Waals surface area contributed by atoms with Gasteiger partial charge in [-0.25, -0.2) is 8.78 Å². The lowest BCUT2D eigenvalue weighted by Crippen LogP contribution is -2.15. The molecule has 5 heteroatoms. The minimum Gasteiger partial charge on any atom is -0.493 e. The van der Waals surface area contributed by atoms with Gasteiger partial charge in [0, 0.05) is 17.5 Å². The molecular formula is C22H21F3O2. The van der Waals surface area contributed by atoms with Crippen LogP contribution in [-0.4, -0.2) is 6.61 Å². The Labute approximate surface area is 156 Å². The largest absolute Gasteiger partial charge is 0.493 e. The van der Waals surface area contributed by atoms with Crippen molar-refractivity contribution in [2.45, 2.75) is 39.5 Å². The van der Waals surface area contributed by atoms with Crippen LogP contribution in [0.4, 0.5) is 13.2 Å². The van der Waals surface area contributed by atoms with Crippen LogP contribution in [0.15, 0.2) is 24.3 Å². The second-order valence-corrected chi connectivity index (χ2v) is 7.27. The molecule has 0 saturated heterocycles. The smallest absolute Gasteiger partial charge is 0.202 e. The van der Waals surface area contributed by atoms with Gasteiger partial charge in [0.1, 0.15) is 5.76 Å². The van der Waals surface area contributed by atoms with E-state index in [1.54, 1.807) is 25.1 Å². The summed E-state index contributed by atoms with van der Waals surface area (Å²) in [6.07, 6.45) is 4.99. The van der Waals surface area contributed by atoms with Crippen molar-refractivity contribution in [3.8, 4) is 11.5 Å². The van der Waals surface area contributed by atoms with Crippen molar-refractivity contribution in [3.05, 3.63) is 64.0 Å². The zero-order valence-electron chi connectivity index (χ0n) is 15.4. The standard InChI is InChI=1S/C22H21F3O2/c1-3-4-13-6-8-17(26-11-13)16-10-15-9-14-7-5-12(2)18(23)21(14)27-22(15)20(25)19(16)24/h5,7-8,10,13H,3-4,6,9,11H2,1-2H3. The second kappa shape index (κ2) is 6.95. The van der Waals surface area contributed by atoms with Gasteiger partial charge in [-0.2, -0.15) is 4.39 Å². The maximum Gasteiger partial charge on any atom is 0.202 e. The molecule has 2 aromatic carbocycles. The first kappa shape index (κ1) is 18.0. The van der Waals surface area contributed by atoms with Crippen molar-refractivity contribution >= 4 is 5.76 Å². The van der Waals surface area contributed by atoms with E-state index in [9.17, 15) is 13.2 Å². The molecular weight excluding hydrogens is 353 g/mol. The van der Waals surface area contributed by atoms with Crippen LogP contribution in [0.25, 0.3) is 5.76 Å². The second-order valence-electron chi connectivity index (χ2n) is 7.27. The lowest BCUT2D eigenvalue weighted by molar-refractivity contribution is 0.192. The molecule has 27 heavy (non-hydrogen) atoms. The minimum atomic E-state index is -1.10. The molecule has 0 fully saturated rings. The van der Waals surface area contributed by atoms with Crippen molar-refractivity contribution in [1.82, 2.24) is 0 Å². The third-order valence-corrected chi connectivity index (χ3v) is 5.27. The van der Waals surface area contributed by atoms with Gasteiger partial charge in [0.05, 0.1) is 12.2 Å². The van der Waals surface area contributed by atoms with Gasteiger partial charge in [-0.05, 0) is 43.4 Å². The Morgan fingerprint density at radius 2 is 1.81 bits per heavy atom. The third kappa shape index (κ3) is 3.09. The Kier molecular flexibility index (Phi) is 4.62. The van der Waals surface area contributed by atoms with Crippen LogP contribution in [-0.2, 0) is 11.2 Å². The highest BCUT2D eigenvalue weighted by atomic mass is 19.2. The van der Waals surface area contributed by atoms with Crippen LogP contribution < -0.4 is 4.74 Å². The molecule has 2 aliphatic rings. The molecule has 2 aliphatic heterocycles. The molecule has 0 amide bonds. The fraction of sp³-hybridized carbons (Fsp3) is 0.364. The SMILES string of the molecule is CCCC1CC=C(c2cc3c(c(F)c2F)Oc2c(ccc(C)c2F)C3)OC1. The van der Waals surface area contributed by atoms with Gasteiger partial charge < -0.3 is 9.47 Å². The average molecular weight is 374 g/mol. The van der Waals surface area contributed by atoms with Gasteiger partial charge >= 0.3 is 0 Å². The summed E-state index contributed by atoms with van der Waals surface area (Å²) in [6, 6.07) is 4.97. The summed E-state index contributed by atoms with van der Waals surface area (Å²) < 4.78 is 54.9. The molecule has 0 aliphatic carbocycles. The van der Waals surface area contributed by atoms with Gasteiger partial charge in [-0.1, -0.05) is 25.5 Å². The maximum atomic E-state index is 14.7. The highest BCUT2D eigenvalue weighted by Gasteiger charge is 2.29.